The lowest BCUT2D eigenvalue weighted by Gasteiger charge is -2.27. The largest absolute Gasteiger partial charge is 0.270 e. The molecule has 0 bridgehead atoms. The van der Waals surface area contributed by atoms with Crippen LogP contribution in [0.15, 0.2) is 23.1 Å². The topological polar surface area (TPSA) is 80.5 Å². The number of non-ortho nitro benzene ring substituents is 1. The molecular weight excluding hydrogens is 304 g/mol. The van der Waals surface area contributed by atoms with Gasteiger partial charge in [0.1, 0.15) is 4.90 Å². The van der Waals surface area contributed by atoms with Crippen molar-refractivity contribution in [3.8, 4) is 0 Å². The van der Waals surface area contributed by atoms with Crippen molar-refractivity contribution < 1.29 is 13.3 Å². The lowest BCUT2D eigenvalue weighted by molar-refractivity contribution is -0.385. The number of sulfonamides is 1. The van der Waals surface area contributed by atoms with E-state index in [1.54, 1.807) is 6.92 Å². The zero-order chi connectivity index (χ0) is 15.7. The first-order chi connectivity index (χ1) is 9.09. The Hall–Kier alpha value is -1.18. The molecule has 0 saturated carbocycles. The summed E-state index contributed by atoms with van der Waals surface area (Å²) in [6, 6.07) is 3.13. The van der Waals surface area contributed by atoms with Crippen LogP contribution in [0.3, 0.4) is 0 Å². The van der Waals surface area contributed by atoms with Crippen molar-refractivity contribution in [2.45, 2.75) is 31.7 Å². The van der Waals surface area contributed by atoms with Gasteiger partial charge in [0.05, 0.1) is 9.95 Å². The third kappa shape index (κ3) is 3.28. The molecule has 8 heteroatoms. The third-order valence-corrected chi connectivity index (χ3v) is 5.75. The van der Waals surface area contributed by atoms with Crippen LogP contribution < -0.4 is 0 Å². The lowest BCUT2D eigenvalue weighted by atomic mass is 10.1. The highest BCUT2D eigenvalue weighted by Gasteiger charge is 2.30. The minimum absolute atomic E-state index is 0.0293. The number of nitrogens with zero attached hydrogens (tertiary/aromatic N) is 2. The van der Waals surface area contributed by atoms with Gasteiger partial charge >= 0.3 is 0 Å². The van der Waals surface area contributed by atoms with Gasteiger partial charge in [-0.3, -0.25) is 10.1 Å². The Labute approximate surface area is 123 Å². The summed E-state index contributed by atoms with van der Waals surface area (Å²) in [7, 11) is -2.43. The average Bonchev–Trinajstić information content (AvgIpc) is 2.36. The third-order valence-electron chi connectivity index (χ3n) is 3.32. The second-order valence-electron chi connectivity index (χ2n) is 4.88. The van der Waals surface area contributed by atoms with Gasteiger partial charge in [0.2, 0.25) is 10.0 Å². The number of hydrogen-bond acceptors (Lipinski definition) is 4. The Morgan fingerprint density at radius 2 is 1.85 bits per heavy atom. The summed E-state index contributed by atoms with van der Waals surface area (Å²) in [6.07, 6.45) is 0. The zero-order valence-corrected chi connectivity index (χ0v) is 13.3. The summed E-state index contributed by atoms with van der Waals surface area (Å²) in [6.45, 7) is 5.56. The second kappa shape index (κ2) is 6.07. The van der Waals surface area contributed by atoms with Crippen LogP contribution in [-0.4, -0.2) is 30.7 Å². The number of nitro benzene ring substituents is 1. The molecule has 0 spiro atoms. The van der Waals surface area contributed by atoms with Gasteiger partial charge in [-0.25, -0.2) is 8.42 Å². The standard InChI is InChI=1S/C12H17ClN2O4S/c1-8(2)9(3)14(4)20(18,19)12-7-10(15(16)17)5-6-11(12)13/h5-9H,1-4H3. The first kappa shape index (κ1) is 16.9. The first-order valence-corrected chi connectivity index (χ1v) is 7.82. The minimum atomic E-state index is -3.87. The molecule has 0 aliphatic heterocycles. The summed E-state index contributed by atoms with van der Waals surface area (Å²) < 4.78 is 26.2. The molecule has 1 atom stereocenters. The molecule has 1 aromatic carbocycles. The fraction of sp³-hybridized carbons (Fsp3) is 0.500. The number of benzene rings is 1. The quantitative estimate of drug-likeness (QED) is 0.617. The molecule has 0 radical (unpaired) electrons. The van der Waals surface area contributed by atoms with Crippen LogP contribution >= 0.6 is 11.6 Å². The van der Waals surface area contributed by atoms with Gasteiger partial charge in [-0.05, 0) is 18.9 Å². The van der Waals surface area contributed by atoms with Gasteiger partial charge in [-0.1, -0.05) is 25.4 Å². The van der Waals surface area contributed by atoms with Gasteiger partial charge in [0, 0.05) is 25.2 Å². The molecule has 1 unspecified atom stereocenters. The number of halogens is 1. The molecule has 1 aromatic rings. The molecule has 0 heterocycles. The predicted molar refractivity (Wildman–Crippen MR) is 77.4 cm³/mol. The van der Waals surface area contributed by atoms with Crippen LogP contribution in [-0.2, 0) is 10.0 Å². The van der Waals surface area contributed by atoms with Gasteiger partial charge in [0.15, 0.2) is 0 Å². The Bertz CT molecular complexity index is 616. The van der Waals surface area contributed by atoms with Crippen molar-refractivity contribution in [3.05, 3.63) is 33.3 Å². The van der Waals surface area contributed by atoms with Crippen molar-refractivity contribution in [3.63, 3.8) is 0 Å². The molecule has 1 rings (SSSR count). The van der Waals surface area contributed by atoms with Crippen molar-refractivity contribution in [2.75, 3.05) is 7.05 Å². The van der Waals surface area contributed by atoms with E-state index in [1.165, 1.54) is 23.5 Å². The summed E-state index contributed by atoms with van der Waals surface area (Å²) >= 11 is 5.89. The summed E-state index contributed by atoms with van der Waals surface area (Å²) in [4.78, 5) is 9.86. The van der Waals surface area contributed by atoms with Crippen molar-refractivity contribution in [2.24, 2.45) is 5.92 Å². The van der Waals surface area contributed by atoms with Gasteiger partial charge < -0.3 is 0 Å². The molecule has 0 aliphatic carbocycles. The Morgan fingerprint density at radius 3 is 2.30 bits per heavy atom. The van der Waals surface area contributed by atoms with Crippen LogP contribution in [0.25, 0.3) is 0 Å². The fourth-order valence-electron chi connectivity index (χ4n) is 1.60. The van der Waals surface area contributed by atoms with Crippen LogP contribution in [0.4, 0.5) is 5.69 Å². The van der Waals surface area contributed by atoms with Crippen LogP contribution in [0.5, 0.6) is 0 Å². The highest BCUT2D eigenvalue weighted by atomic mass is 35.5. The molecule has 112 valence electrons. The molecule has 6 nitrogen and oxygen atoms in total. The van der Waals surface area contributed by atoms with Gasteiger partial charge in [0.25, 0.3) is 5.69 Å². The Morgan fingerprint density at radius 1 is 1.30 bits per heavy atom. The normalized spacial score (nSPS) is 13.8. The maximum absolute atomic E-state index is 12.5. The Balaban J connectivity index is 3.35. The van der Waals surface area contributed by atoms with Crippen LogP contribution in [0, 0.1) is 16.0 Å². The SMILES string of the molecule is CC(C)C(C)N(C)S(=O)(=O)c1cc([N+](=O)[O-])ccc1Cl. The van der Waals surface area contributed by atoms with E-state index in [-0.39, 0.29) is 27.6 Å². The highest BCUT2D eigenvalue weighted by Crippen LogP contribution is 2.29. The van der Waals surface area contributed by atoms with E-state index in [1.807, 2.05) is 13.8 Å². The van der Waals surface area contributed by atoms with Crippen molar-refractivity contribution in [1.29, 1.82) is 0 Å². The van der Waals surface area contributed by atoms with E-state index >= 15 is 0 Å². The minimum Gasteiger partial charge on any atom is -0.258 e. The molecule has 0 aromatic heterocycles. The summed E-state index contributed by atoms with van der Waals surface area (Å²) in [5.41, 5.74) is -0.307. The predicted octanol–water partition coefficient (Wildman–Crippen LogP) is 2.91. The van der Waals surface area contributed by atoms with E-state index in [0.717, 1.165) is 6.07 Å². The number of rotatable bonds is 5. The van der Waals surface area contributed by atoms with E-state index < -0.39 is 14.9 Å². The number of nitro groups is 1. The molecular formula is C12H17ClN2O4S. The monoisotopic (exact) mass is 320 g/mol. The summed E-state index contributed by atoms with van der Waals surface area (Å²) in [5, 5.41) is 10.7. The maximum atomic E-state index is 12.5. The maximum Gasteiger partial charge on any atom is 0.270 e. The fourth-order valence-corrected chi connectivity index (χ4v) is 3.58. The molecule has 20 heavy (non-hydrogen) atoms. The zero-order valence-electron chi connectivity index (χ0n) is 11.7. The van der Waals surface area contributed by atoms with Crippen LogP contribution in [0.1, 0.15) is 20.8 Å². The molecule has 0 amide bonds. The Kier molecular flexibility index (Phi) is 5.12. The smallest absolute Gasteiger partial charge is 0.258 e. The molecule has 0 saturated heterocycles. The van der Waals surface area contributed by atoms with E-state index in [0.29, 0.717) is 0 Å². The van der Waals surface area contributed by atoms with E-state index in [4.69, 9.17) is 11.6 Å². The van der Waals surface area contributed by atoms with E-state index in [9.17, 15) is 18.5 Å². The van der Waals surface area contributed by atoms with Gasteiger partial charge in [-0.2, -0.15) is 4.31 Å². The molecule has 0 aliphatic rings. The molecule has 0 N–H and O–H groups in total. The second-order valence-corrected chi connectivity index (χ2v) is 7.25. The lowest BCUT2D eigenvalue weighted by Crippen LogP contribution is -2.38. The van der Waals surface area contributed by atoms with Gasteiger partial charge in [-0.15, -0.1) is 0 Å². The summed E-state index contributed by atoms with van der Waals surface area (Å²) in [5.74, 6) is 0.104. The first-order valence-electron chi connectivity index (χ1n) is 6.01. The van der Waals surface area contributed by atoms with E-state index in [2.05, 4.69) is 0 Å². The molecule has 0 fully saturated rings. The van der Waals surface area contributed by atoms with Crippen molar-refractivity contribution in [1.82, 2.24) is 4.31 Å². The van der Waals surface area contributed by atoms with Crippen LogP contribution in [0.2, 0.25) is 5.02 Å². The number of hydrogen-bond donors (Lipinski definition) is 0. The average molecular weight is 321 g/mol. The van der Waals surface area contributed by atoms with Crippen molar-refractivity contribution >= 4 is 27.3 Å². The highest BCUT2D eigenvalue weighted by molar-refractivity contribution is 7.89.